The van der Waals surface area contributed by atoms with E-state index in [0.29, 0.717) is 5.92 Å². The zero-order valence-corrected chi connectivity index (χ0v) is 22.3. The van der Waals surface area contributed by atoms with E-state index in [2.05, 4.69) is 40.6 Å². The topological polar surface area (TPSA) is 58.6 Å². The second-order valence-electron chi connectivity index (χ2n) is 7.05. The number of carbonyl (C=O) groups is 2. The van der Waals surface area contributed by atoms with Crippen molar-refractivity contribution < 1.29 is 14.3 Å². The molecule has 0 aromatic heterocycles. The number of ether oxygens (including phenoxy) is 1. The number of rotatable bonds is 4. The predicted molar refractivity (Wildman–Crippen MR) is 120 cm³/mol. The van der Waals surface area contributed by atoms with Crippen molar-refractivity contribution in [1.29, 1.82) is 0 Å². The van der Waals surface area contributed by atoms with Crippen LogP contribution in [-0.2, 0) is 14.3 Å². The van der Waals surface area contributed by atoms with Crippen molar-refractivity contribution in [2.75, 3.05) is 34.3 Å². The molecule has 159 valence electrons. The van der Waals surface area contributed by atoms with Gasteiger partial charge in [0.2, 0.25) is 0 Å². The number of likely N-dealkylation sites (tertiary alicyclic amines) is 1. The van der Waals surface area contributed by atoms with Gasteiger partial charge in [-0.15, -0.1) is 0 Å². The number of nitrogens with one attached hydrogen (secondary N) is 1. The molecule has 0 aliphatic carbocycles. The monoisotopic (exact) mass is 595 g/mol. The summed E-state index contributed by atoms with van der Waals surface area (Å²) in [5.41, 5.74) is 1.14. The zero-order chi connectivity index (χ0) is 22.1. The van der Waals surface area contributed by atoms with Crippen molar-refractivity contribution in [3.05, 3.63) is 35.9 Å². The van der Waals surface area contributed by atoms with Crippen LogP contribution in [-0.4, -0.2) is 83.3 Å². The standard InChI is InChI=1S/C8H15NO2.C8H7O.C7H13N.Pb/c1-9-6-4-3-5-7(9)8(10)11-2;9-7-6-8-4-2-1-3-5-8;1-7(2)5-4-6-8-3;/h7H,3-6H2,1-2H3;1-7H;7-8H,6H2,1-3H3;. The predicted octanol–water partition coefficient (Wildman–Crippen LogP) is 2.60. The van der Waals surface area contributed by atoms with Gasteiger partial charge in [0.25, 0.3) is 0 Å². The number of benzene rings is 1. The molecule has 2 atom stereocenters. The third-order valence-electron chi connectivity index (χ3n) is 4.19. The van der Waals surface area contributed by atoms with Gasteiger partial charge in [-0.25, -0.2) is 0 Å². The van der Waals surface area contributed by atoms with E-state index in [0.717, 1.165) is 63.5 Å². The number of methoxy groups -OCH3 is 1. The van der Waals surface area contributed by atoms with Crippen LogP contribution in [0.25, 0.3) is 0 Å². The number of likely N-dealkylation sites (N-methyl/N-ethyl adjacent to an activating group) is 1. The van der Waals surface area contributed by atoms with E-state index < -0.39 is 0 Å². The number of esters is 1. The quantitative estimate of drug-likeness (QED) is 0.252. The van der Waals surface area contributed by atoms with E-state index in [-0.39, 0.29) is 15.5 Å². The Labute approximate surface area is 192 Å². The van der Waals surface area contributed by atoms with Crippen LogP contribution in [0, 0.1) is 17.8 Å². The number of piperidine rings is 1. The van der Waals surface area contributed by atoms with Gasteiger partial charge in [-0.3, -0.25) is 9.69 Å². The molecule has 0 spiro atoms. The van der Waals surface area contributed by atoms with Crippen LogP contribution in [0.15, 0.2) is 30.3 Å². The molecule has 1 aromatic carbocycles. The molecule has 0 saturated carbocycles. The van der Waals surface area contributed by atoms with Crippen molar-refractivity contribution in [2.24, 2.45) is 5.92 Å². The first-order valence-corrected chi connectivity index (χ1v) is 12.2. The fourth-order valence-corrected chi connectivity index (χ4v) is 3.34. The minimum atomic E-state index is -0.0906. The Morgan fingerprint density at radius 3 is 2.48 bits per heavy atom. The Morgan fingerprint density at radius 2 is 2.00 bits per heavy atom. The Bertz CT molecular complexity index is 626. The summed E-state index contributed by atoms with van der Waals surface area (Å²) in [6, 6.07) is 9.88. The molecule has 1 saturated heterocycles. The van der Waals surface area contributed by atoms with Crippen molar-refractivity contribution in [3.63, 3.8) is 0 Å². The first-order valence-electron chi connectivity index (χ1n) is 9.99. The number of hydrogen-bond donors (Lipinski definition) is 1. The van der Waals surface area contributed by atoms with Crippen LogP contribution in [0.5, 0.6) is 0 Å². The molecular formula is C23H35N2O3Pb. The summed E-state index contributed by atoms with van der Waals surface area (Å²) in [6.07, 6.45) is 4.30. The van der Waals surface area contributed by atoms with Crippen molar-refractivity contribution in [2.45, 2.75) is 42.6 Å². The van der Waals surface area contributed by atoms with Crippen LogP contribution >= 0.6 is 0 Å². The molecular weight excluding hydrogens is 559 g/mol. The second kappa shape index (κ2) is 17.6. The molecule has 2 rings (SSSR count). The molecule has 1 fully saturated rings. The van der Waals surface area contributed by atoms with Crippen LogP contribution in [0.2, 0.25) is 0 Å². The van der Waals surface area contributed by atoms with Crippen LogP contribution in [0.3, 0.4) is 0 Å². The molecule has 29 heavy (non-hydrogen) atoms. The number of nitrogens with zero attached hydrogens (tertiary/aromatic N) is 1. The Balaban J connectivity index is 0.000000412. The number of aldehydes is 1. The molecule has 1 heterocycles. The van der Waals surface area contributed by atoms with E-state index in [4.69, 9.17) is 0 Å². The number of hydrogen-bond acceptors (Lipinski definition) is 5. The Hall–Kier alpha value is -1.24. The molecule has 1 aromatic rings. The van der Waals surface area contributed by atoms with Crippen molar-refractivity contribution in [1.82, 2.24) is 10.2 Å². The van der Waals surface area contributed by atoms with Crippen molar-refractivity contribution >= 4 is 38.0 Å². The molecule has 1 aliphatic rings. The van der Waals surface area contributed by atoms with E-state index in [1.54, 1.807) is 0 Å². The number of carbonyl (C=O) groups excluding carboxylic acids is 2. The van der Waals surface area contributed by atoms with Gasteiger partial charge >= 0.3 is 82.2 Å². The van der Waals surface area contributed by atoms with Gasteiger partial charge < -0.3 is 10.1 Å². The summed E-state index contributed by atoms with van der Waals surface area (Å²) < 4.78 is 4.85. The summed E-state index contributed by atoms with van der Waals surface area (Å²) in [5, 5.41) is 2.95. The minimum absolute atomic E-state index is 0.00810. The Kier molecular flexibility index (Phi) is 16.9. The molecule has 6 heteroatoms. The normalized spacial score (nSPS) is 16.7. The van der Waals surface area contributed by atoms with Gasteiger partial charge in [0, 0.05) is 5.92 Å². The summed E-state index contributed by atoms with van der Waals surface area (Å²) in [4.78, 5) is 23.5. The fraction of sp³-hybridized carbons (Fsp3) is 0.565. The molecule has 2 unspecified atom stereocenters. The van der Waals surface area contributed by atoms with Crippen LogP contribution < -0.4 is 5.32 Å². The van der Waals surface area contributed by atoms with Gasteiger partial charge in [0.15, 0.2) is 0 Å². The SMILES string of the molecule is CNCC#CC(C)C.COC(=O)C1CCCCN1C.O=C[CH]([Pb])c1ccccc1. The third kappa shape index (κ3) is 13.6. The van der Waals surface area contributed by atoms with E-state index in [1.165, 1.54) is 13.5 Å². The summed E-state index contributed by atoms with van der Waals surface area (Å²) >= 11 is 0.909. The average molecular weight is 595 g/mol. The average Bonchev–Trinajstić information content (AvgIpc) is 2.74. The summed E-state index contributed by atoms with van der Waals surface area (Å²) in [5.74, 6) is 6.42. The fourth-order valence-electron chi connectivity index (χ4n) is 2.59. The molecule has 1 aliphatic heterocycles. The van der Waals surface area contributed by atoms with Gasteiger partial charge in [-0.05, 0) is 33.5 Å². The second-order valence-corrected chi connectivity index (χ2v) is 9.46. The van der Waals surface area contributed by atoms with Crippen LogP contribution in [0.4, 0.5) is 0 Å². The molecule has 3 radical (unpaired) electrons. The third-order valence-corrected chi connectivity index (χ3v) is 6.02. The summed E-state index contributed by atoms with van der Waals surface area (Å²) in [7, 11) is 5.32. The van der Waals surface area contributed by atoms with Crippen molar-refractivity contribution in [3.8, 4) is 11.8 Å². The first kappa shape index (κ1) is 27.8. The zero-order valence-electron chi connectivity index (χ0n) is 18.4. The van der Waals surface area contributed by atoms with E-state index >= 15 is 0 Å². The van der Waals surface area contributed by atoms with Crippen LogP contribution in [0.1, 0.15) is 42.2 Å². The Morgan fingerprint density at radius 1 is 1.34 bits per heavy atom. The van der Waals surface area contributed by atoms with Gasteiger partial charge in [-0.2, -0.15) is 0 Å². The van der Waals surface area contributed by atoms with Gasteiger partial charge in [0.1, 0.15) is 6.04 Å². The van der Waals surface area contributed by atoms with Gasteiger partial charge in [0.05, 0.1) is 13.7 Å². The molecule has 0 amide bonds. The molecule has 0 bridgehead atoms. The summed E-state index contributed by atoms with van der Waals surface area (Å²) in [6.45, 7) is 5.99. The molecule has 1 N–H and O–H groups in total. The maximum absolute atomic E-state index is 11.1. The van der Waals surface area contributed by atoms with Gasteiger partial charge in [-0.1, -0.05) is 32.1 Å². The first-order chi connectivity index (χ1) is 13.9. The molecule has 5 nitrogen and oxygen atoms in total. The van der Waals surface area contributed by atoms with E-state index in [9.17, 15) is 9.59 Å². The maximum atomic E-state index is 11.1. The van der Waals surface area contributed by atoms with E-state index in [1.807, 2.05) is 44.4 Å².